The summed E-state index contributed by atoms with van der Waals surface area (Å²) in [7, 11) is 0. The van der Waals surface area contributed by atoms with Gasteiger partial charge in [-0.15, -0.1) is 0 Å². The maximum Gasteiger partial charge on any atom is 0.408 e. The maximum absolute atomic E-state index is 13.0. The predicted octanol–water partition coefficient (Wildman–Crippen LogP) is 3.79. The summed E-state index contributed by atoms with van der Waals surface area (Å²) < 4.78 is 5.24. The van der Waals surface area contributed by atoms with Crippen LogP contribution in [-0.4, -0.2) is 47.4 Å². The summed E-state index contributed by atoms with van der Waals surface area (Å²) in [6.07, 6.45) is -1.30. The molecule has 0 fully saturated rings. The van der Waals surface area contributed by atoms with Crippen molar-refractivity contribution >= 4 is 34.5 Å². The molecule has 0 aliphatic heterocycles. The molecule has 0 bridgehead atoms. The quantitative estimate of drug-likeness (QED) is 0.241. The molecule has 212 valence electrons. The van der Waals surface area contributed by atoms with E-state index < -0.39 is 41.9 Å². The number of fused-ring (bicyclic) bond motifs is 1. The minimum atomic E-state index is -1.10. The second kappa shape index (κ2) is 14.8. The molecule has 3 atom stereocenters. The number of carbonyl (C=O) groups is 4. The molecule has 40 heavy (non-hydrogen) atoms. The number of rotatable bonds is 13. The Morgan fingerprint density at radius 1 is 0.850 bits per heavy atom. The largest absolute Gasteiger partial charge is 0.445 e. The molecule has 0 radical (unpaired) electrons. The summed E-state index contributed by atoms with van der Waals surface area (Å²) in [5.74, 6) is -2.28. The van der Waals surface area contributed by atoms with Crippen LogP contribution in [0.5, 0.6) is 0 Å². The molecule has 0 aliphatic rings. The van der Waals surface area contributed by atoms with Gasteiger partial charge in [-0.3, -0.25) is 14.4 Å². The van der Waals surface area contributed by atoms with E-state index in [9.17, 15) is 24.3 Å². The van der Waals surface area contributed by atoms with E-state index in [1.807, 2.05) is 80.6 Å². The minimum Gasteiger partial charge on any atom is -0.445 e. The maximum atomic E-state index is 13.0. The number of amides is 3. The van der Waals surface area contributed by atoms with Gasteiger partial charge in [0.25, 0.3) is 5.91 Å². The second-order valence-corrected chi connectivity index (χ2v) is 10.1. The lowest BCUT2D eigenvalue weighted by Gasteiger charge is -2.23. The topological polar surface area (TPSA) is 134 Å². The first-order valence-electron chi connectivity index (χ1n) is 13.4. The van der Waals surface area contributed by atoms with Gasteiger partial charge in [-0.1, -0.05) is 87.5 Å². The molecule has 3 aromatic carbocycles. The third-order valence-electron chi connectivity index (χ3n) is 6.41. The van der Waals surface area contributed by atoms with Crippen LogP contribution in [0.15, 0.2) is 72.8 Å². The van der Waals surface area contributed by atoms with Crippen molar-refractivity contribution < 1.29 is 29.0 Å². The van der Waals surface area contributed by atoms with Crippen LogP contribution in [0.4, 0.5) is 4.79 Å². The molecular weight excluding hydrogens is 510 g/mol. The zero-order valence-electron chi connectivity index (χ0n) is 23.1. The van der Waals surface area contributed by atoms with E-state index in [-0.39, 0.29) is 25.5 Å². The number of carbonyl (C=O) groups excluding carboxylic acids is 4. The van der Waals surface area contributed by atoms with Crippen LogP contribution < -0.4 is 16.0 Å². The smallest absolute Gasteiger partial charge is 0.408 e. The van der Waals surface area contributed by atoms with Crippen molar-refractivity contribution in [2.45, 2.75) is 58.4 Å². The van der Waals surface area contributed by atoms with E-state index in [0.717, 1.165) is 16.3 Å². The predicted molar refractivity (Wildman–Crippen MR) is 152 cm³/mol. The highest BCUT2D eigenvalue weighted by molar-refractivity contribution is 6.38. The molecule has 3 rings (SSSR count). The number of benzene rings is 3. The first kappa shape index (κ1) is 30.3. The van der Waals surface area contributed by atoms with Gasteiger partial charge in [0, 0.05) is 6.54 Å². The molecule has 3 unspecified atom stereocenters. The van der Waals surface area contributed by atoms with Crippen molar-refractivity contribution in [2.75, 3.05) is 6.54 Å². The molecule has 0 heterocycles. The zero-order valence-corrected chi connectivity index (χ0v) is 23.1. The third-order valence-corrected chi connectivity index (χ3v) is 6.41. The first-order valence-corrected chi connectivity index (χ1v) is 13.4. The molecule has 0 saturated carbocycles. The highest BCUT2D eigenvalue weighted by atomic mass is 16.5. The summed E-state index contributed by atoms with van der Waals surface area (Å²) in [6.45, 7) is 5.34. The number of Topliss-reactive ketones (excluding diaryl/α,β-unsaturated/α-hetero) is 1. The third kappa shape index (κ3) is 8.91. The van der Waals surface area contributed by atoms with Crippen LogP contribution in [0.2, 0.25) is 0 Å². The Bertz CT molecular complexity index is 1310. The fraction of sp³-hybridized carbons (Fsp3) is 0.355. The SMILES string of the molecule is CCC(NC(=O)C(CC(C)C)NC(=O)OCc1ccccc1)C(=O)C(=O)NCC(O)c1ccc2ccccc2c1. The van der Waals surface area contributed by atoms with E-state index in [4.69, 9.17) is 4.74 Å². The van der Waals surface area contributed by atoms with Gasteiger partial charge in [-0.05, 0) is 46.7 Å². The Balaban J connectivity index is 1.54. The van der Waals surface area contributed by atoms with E-state index in [1.54, 1.807) is 13.0 Å². The highest BCUT2D eigenvalue weighted by Gasteiger charge is 2.30. The van der Waals surface area contributed by atoms with Gasteiger partial charge in [0.05, 0.1) is 12.1 Å². The van der Waals surface area contributed by atoms with E-state index in [2.05, 4.69) is 16.0 Å². The molecular formula is C31H37N3O6. The van der Waals surface area contributed by atoms with Gasteiger partial charge in [0.15, 0.2) is 0 Å². The number of aliphatic hydroxyl groups excluding tert-OH is 1. The van der Waals surface area contributed by atoms with Crippen molar-refractivity contribution in [1.82, 2.24) is 16.0 Å². The molecule has 4 N–H and O–H groups in total. The number of alkyl carbamates (subject to hydrolysis) is 1. The van der Waals surface area contributed by atoms with Crippen LogP contribution in [0.25, 0.3) is 10.8 Å². The van der Waals surface area contributed by atoms with Crippen molar-refractivity contribution in [3.8, 4) is 0 Å². The summed E-state index contributed by atoms with van der Waals surface area (Å²) in [6, 6.07) is 20.3. The number of hydrogen-bond donors (Lipinski definition) is 4. The number of ketones is 1. The zero-order chi connectivity index (χ0) is 29.1. The molecule has 0 saturated heterocycles. The van der Waals surface area contributed by atoms with Gasteiger partial charge < -0.3 is 25.8 Å². The molecule has 9 nitrogen and oxygen atoms in total. The fourth-order valence-electron chi connectivity index (χ4n) is 4.20. The normalized spacial score (nSPS) is 13.2. The minimum absolute atomic E-state index is 0.0456. The number of aliphatic hydroxyl groups is 1. The second-order valence-electron chi connectivity index (χ2n) is 10.1. The van der Waals surface area contributed by atoms with Gasteiger partial charge in [-0.2, -0.15) is 0 Å². The highest BCUT2D eigenvalue weighted by Crippen LogP contribution is 2.20. The molecule has 0 aliphatic carbocycles. The summed E-state index contributed by atoms with van der Waals surface area (Å²) >= 11 is 0. The van der Waals surface area contributed by atoms with Crippen molar-refractivity contribution in [3.05, 3.63) is 83.9 Å². The van der Waals surface area contributed by atoms with Gasteiger partial charge in [-0.25, -0.2) is 4.79 Å². The van der Waals surface area contributed by atoms with Gasteiger partial charge in [0.2, 0.25) is 11.7 Å². The van der Waals surface area contributed by atoms with Crippen LogP contribution in [0.3, 0.4) is 0 Å². The monoisotopic (exact) mass is 547 g/mol. The van der Waals surface area contributed by atoms with Crippen LogP contribution >= 0.6 is 0 Å². The van der Waals surface area contributed by atoms with Crippen LogP contribution in [-0.2, 0) is 25.7 Å². The average molecular weight is 548 g/mol. The van der Waals surface area contributed by atoms with Gasteiger partial charge in [0.1, 0.15) is 12.6 Å². The number of ether oxygens (including phenoxy) is 1. The van der Waals surface area contributed by atoms with E-state index in [1.165, 1.54) is 0 Å². The Morgan fingerprint density at radius 2 is 1.52 bits per heavy atom. The Morgan fingerprint density at radius 3 is 2.20 bits per heavy atom. The first-order chi connectivity index (χ1) is 19.2. The van der Waals surface area contributed by atoms with Crippen molar-refractivity contribution in [2.24, 2.45) is 5.92 Å². The summed E-state index contributed by atoms with van der Waals surface area (Å²) in [5, 5.41) is 20.2. The van der Waals surface area contributed by atoms with E-state index >= 15 is 0 Å². The lowest BCUT2D eigenvalue weighted by molar-refractivity contribution is -0.140. The van der Waals surface area contributed by atoms with Crippen molar-refractivity contribution in [3.63, 3.8) is 0 Å². The average Bonchev–Trinajstić information content (AvgIpc) is 2.96. The molecule has 9 heteroatoms. The standard InChI is InChI=1S/C31H37N3O6/c1-4-25(28(36)30(38)32-18-27(35)24-15-14-22-12-8-9-13-23(22)17-24)33-29(37)26(16-20(2)3)34-31(39)40-19-21-10-6-5-7-11-21/h5-15,17,20,25-27,35H,4,16,18-19H2,1-3H3,(H,32,38)(H,33,37)(H,34,39). The van der Waals surface area contributed by atoms with Crippen LogP contribution in [0.1, 0.15) is 50.8 Å². The van der Waals surface area contributed by atoms with E-state index in [0.29, 0.717) is 12.0 Å². The lowest BCUT2D eigenvalue weighted by Crippen LogP contribution is -2.54. The molecule has 3 amide bonds. The molecule has 0 aromatic heterocycles. The van der Waals surface area contributed by atoms with Crippen molar-refractivity contribution in [1.29, 1.82) is 0 Å². The fourth-order valence-corrected chi connectivity index (χ4v) is 4.20. The summed E-state index contributed by atoms with van der Waals surface area (Å²) in [5.41, 5.74) is 1.41. The van der Waals surface area contributed by atoms with Crippen LogP contribution in [0, 0.1) is 5.92 Å². The number of nitrogens with one attached hydrogen (secondary N) is 3. The molecule has 3 aromatic rings. The Kier molecular flexibility index (Phi) is 11.2. The molecule has 0 spiro atoms. The summed E-state index contributed by atoms with van der Waals surface area (Å²) in [4.78, 5) is 50.9. The Hall–Kier alpha value is -4.24. The Labute approximate surface area is 234 Å². The number of hydrogen-bond acceptors (Lipinski definition) is 6. The lowest BCUT2D eigenvalue weighted by atomic mass is 10.0. The van der Waals surface area contributed by atoms with Gasteiger partial charge >= 0.3 is 6.09 Å².